The van der Waals surface area contributed by atoms with Gasteiger partial charge in [-0.3, -0.25) is 9.59 Å². The lowest BCUT2D eigenvalue weighted by Crippen LogP contribution is -2.25. The van der Waals surface area contributed by atoms with Gasteiger partial charge in [-0.15, -0.1) is 0 Å². The number of benzene rings is 2. The number of amides is 2. The number of hydrogen-bond acceptors (Lipinski definition) is 5. The van der Waals surface area contributed by atoms with Gasteiger partial charge < -0.3 is 16.8 Å². The van der Waals surface area contributed by atoms with Crippen molar-refractivity contribution in [3.05, 3.63) is 88.6 Å². The first-order valence-corrected chi connectivity index (χ1v) is 8.95. The minimum Gasteiger partial charge on any atom is -0.382 e. The zero-order valence-corrected chi connectivity index (χ0v) is 15.6. The SMILES string of the molecule is NC(=O)c1nc(Cc2cccc(C(=O)NCCc3ccc(F)cc3)c2)cnc1N. The monoisotopic (exact) mass is 393 g/mol. The van der Waals surface area contributed by atoms with E-state index in [0.29, 0.717) is 30.6 Å². The predicted octanol–water partition coefficient (Wildman–Crippen LogP) is 1.86. The van der Waals surface area contributed by atoms with E-state index in [1.54, 1.807) is 30.3 Å². The number of nitrogen functional groups attached to an aromatic ring is 1. The van der Waals surface area contributed by atoms with Crippen molar-refractivity contribution in [1.29, 1.82) is 0 Å². The summed E-state index contributed by atoms with van der Waals surface area (Å²) in [6.45, 7) is 0.431. The highest BCUT2D eigenvalue weighted by Crippen LogP contribution is 2.12. The molecular formula is C21H20FN5O2. The zero-order valence-electron chi connectivity index (χ0n) is 15.6. The van der Waals surface area contributed by atoms with Crippen LogP contribution in [0, 0.1) is 5.82 Å². The van der Waals surface area contributed by atoms with Crippen LogP contribution >= 0.6 is 0 Å². The molecule has 2 aromatic carbocycles. The number of halogens is 1. The summed E-state index contributed by atoms with van der Waals surface area (Å²) in [5, 5.41) is 2.85. The Morgan fingerprint density at radius 2 is 1.83 bits per heavy atom. The fourth-order valence-electron chi connectivity index (χ4n) is 2.81. The van der Waals surface area contributed by atoms with Crippen LogP contribution < -0.4 is 16.8 Å². The van der Waals surface area contributed by atoms with Gasteiger partial charge in [-0.05, 0) is 41.8 Å². The third-order valence-corrected chi connectivity index (χ3v) is 4.27. The molecular weight excluding hydrogens is 373 g/mol. The van der Waals surface area contributed by atoms with Crippen molar-refractivity contribution >= 4 is 17.6 Å². The van der Waals surface area contributed by atoms with E-state index < -0.39 is 5.91 Å². The number of hydrogen-bond donors (Lipinski definition) is 3. The highest BCUT2D eigenvalue weighted by molar-refractivity contribution is 5.95. The number of nitrogens with two attached hydrogens (primary N) is 2. The van der Waals surface area contributed by atoms with Gasteiger partial charge in [0.05, 0.1) is 11.9 Å². The topological polar surface area (TPSA) is 124 Å². The van der Waals surface area contributed by atoms with E-state index in [1.807, 2.05) is 6.07 Å². The van der Waals surface area contributed by atoms with Crippen LogP contribution in [0.3, 0.4) is 0 Å². The van der Waals surface area contributed by atoms with Gasteiger partial charge >= 0.3 is 0 Å². The molecule has 0 atom stereocenters. The van der Waals surface area contributed by atoms with Crippen LogP contribution in [-0.4, -0.2) is 28.3 Å². The Balaban J connectivity index is 1.62. The molecule has 0 bridgehead atoms. The number of rotatable bonds is 7. The van der Waals surface area contributed by atoms with Gasteiger partial charge in [-0.25, -0.2) is 14.4 Å². The number of carbonyl (C=O) groups is 2. The van der Waals surface area contributed by atoms with Crippen molar-refractivity contribution < 1.29 is 14.0 Å². The van der Waals surface area contributed by atoms with Crippen molar-refractivity contribution in [2.75, 3.05) is 12.3 Å². The Hall–Kier alpha value is -3.81. The van der Waals surface area contributed by atoms with Crippen molar-refractivity contribution in [2.45, 2.75) is 12.8 Å². The van der Waals surface area contributed by atoms with Crippen LogP contribution in [0.15, 0.2) is 54.7 Å². The molecule has 8 heteroatoms. The molecule has 0 aliphatic carbocycles. The molecule has 0 aliphatic heterocycles. The summed E-state index contributed by atoms with van der Waals surface area (Å²) in [6, 6.07) is 13.2. The molecule has 0 saturated carbocycles. The minimum absolute atomic E-state index is 0.0180. The summed E-state index contributed by atoms with van der Waals surface area (Å²) in [5.41, 5.74) is 13.5. The van der Waals surface area contributed by atoms with E-state index in [1.165, 1.54) is 18.3 Å². The minimum atomic E-state index is -0.744. The van der Waals surface area contributed by atoms with Crippen LogP contribution in [0.4, 0.5) is 10.2 Å². The van der Waals surface area contributed by atoms with Crippen LogP contribution in [0.1, 0.15) is 37.7 Å². The summed E-state index contributed by atoms with van der Waals surface area (Å²) >= 11 is 0. The van der Waals surface area contributed by atoms with E-state index in [9.17, 15) is 14.0 Å². The standard InChI is InChI=1S/C21H20FN5O2/c22-16-6-4-13(5-7-16)8-9-25-21(29)15-3-1-2-14(10-15)11-17-12-26-19(23)18(27-17)20(24)28/h1-7,10,12H,8-9,11H2,(H2,23,26)(H2,24,28)(H,25,29). The van der Waals surface area contributed by atoms with E-state index in [4.69, 9.17) is 11.5 Å². The van der Waals surface area contributed by atoms with Gasteiger partial charge in [0.15, 0.2) is 11.5 Å². The average Bonchev–Trinajstić information content (AvgIpc) is 2.71. The number of primary amides is 1. The molecule has 3 aromatic rings. The molecule has 148 valence electrons. The summed E-state index contributed by atoms with van der Waals surface area (Å²) < 4.78 is 12.9. The second-order valence-electron chi connectivity index (χ2n) is 6.47. The van der Waals surface area contributed by atoms with Crippen molar-refractivity contribution in [3.63, 3.8) is 0 Å². The maximum Gasteiger partial charge on any atom is 0.271 e. The first-order chi connectivity index (χ1) is 13.9. The third-order valence-electron chi connectivity index (χ3n) is 4.27. The van der Waals surface area contributed by atoms with Gasteiger partial charge in [0.1, 0.15) is 5.82 Å². The van der Waals surface area contributed by atoms with Crippen molar-refractivity contribution in [3.8, 4) is 0 Å². The van der Waals surface area contributed by atoms with Gasteiger partial charge in [-0.1, -0.05) is 24.3 Å². The fourth-order valence-corrected chi connectivity index (χ4v) is 2.81. The zero-order chi connectivity index (χ0) is 20.8. The highest BCUT2D eigenvalue weighted by atomic mass is 19.1. The number of carbonyl (C=O) groups excluding carboxylic acids is 2. The third kappa shape index (κ3) is 5.35. The first kappa shape index (κ1) is 19.9. The molecule has 0 aliphatic rings. The molecule has 0 saturated heterocycles. The van der Waals surface area contributed by atoms with Crippen LogP contribution in [0.5, 0.6) is 0 Å². The lowest BCUT2D eigenvalue weighted by atomic mass is 10.1. The molecule has 7 nitrogen and oxygen atoms in total. The van der Waals surface area contributed by atoms with Crippen molar-refractivity contribution in [1.82, 2.24) is 15.3 Å². The smallest absolute Gasteiger partial charge is 0.271 e. The number of anilines is 1. The molecule has 0 fully saturated rings. The Morgan fingerprint density at radius 3 is 2.55 bits per heavy atom. The Bertz CT molecular complexity index is 1040. The van der Waals surface area contributed by atoms with E-state index in [-0.39, 0.29) is 23.2 Å². The maximum atomic E-state index is 12.9. The fraction of sp³-hybridized carbons (Fsp3) is 0.143. The van der Waals surface area contributed by atoms with E-state index >= 15 is 0 Å². The Morgan fingerprint density at radius 1 is 1.07 bits per heavy atom. The number of aromatic nitrogens is 2. The van der Waals surface area contributed by atoms with Gasteiger partial charge in [0, 0.05) is 18.5 Å². The van der Waals surface area contributed by atoms with Crippen LogP contribution in [-0.2, 0) is 12.8 Å². The lowest BCUT2D eigenvalue weighted by molar-refractivity contribution is 0.0952. The summed E-state index contributed by atoms with van der Waals surface area (Å²) in [7, 11) is 0. The number of nitrogens with zero attached hydrogens (tertiary/aromatic N) is 2. The van der Waals surface area contributed by atoms with Crippen molar-refractivity contribution in [2.24, 2.45) is 5.73 Å². The van der Waals surface area contributed by atoms with Crippen LogP contribution in [0.25, 0.3) is 0 Å². The molecule has 5 N–H and O–H groups in total. The Kier molecular flexibility index (Phi) is 6.13. The normalized spacial score (nSPS) is 10.5. The van der Waals surface area contributed by atoms with Gasteiger partial charge in [0.2, 0.25) is 0 Å². The average molecular weight is 393 g/mol. The molecule has 3 rings (SSSR count). The van der Waals surface area contributed by atoms with Gasteiger partial charge in [0.25, 0.3) is 11.8 Å². The number of nitrogens with one attached hydrogen (secondary N) is 1. The summed E-state index contributed by atoms with van der Waals surface area (Å²) in [4.78, 5) is 31.8. The largest absolute Gasteiger partial charge is 0.382 e. The summed E-state index contributed by atoms with van der Waals surface area (Å²) in [6.07, 6.45) is 2.43. The van der Waals surface area contributed by atoms with Crippen LogP contribution in [0.2, 0.25) is 0 Å². The molecule has 1 aromatic heterocycles. The molecule has 29 heavy (non-hydrogen) atoms. The molecule has 0 unspecified atom stereocenters. The molecule has 0 spiro atoms. The van der Waals surface area contributed by atoms with E-state index in [0.717, 1.165) is 11.1 Å². The first-order valence-electron chi connectivity index (χ1n) is 8.95. The molecule has 1 heterocycles. The Labute approximate surface area is 167 Å². The van der Waals surface area contributed by atoms with Gasteiger partial charge in [-0.2, -0.15) is 0 Å². The second kappa shape index (κ2) is 8.92. The molecule has 2 amide bonds. The maximum absolute atomic E-state index is 12.9. The predicted molar refractivity (Wildman–Crippen MR) is 107 cm³/mol. The highest BCUT2D eigenvalue weighted by Gasteiger charge is 2.12. The second-order valence-corrected chi connectivity index (χ2v) is 6.47. The molecule has 0 radical (unpaired) electrons. The summed E-state index contributed by atoms with van der Waals surface area (Å²) in [5.74, 6) is -1.26. The lowest BCUT2D eigenvalue weighted by Gasteiger charge is -2.08. The van der Waals surface area contributed by atoms with E-state index in [2.05, 4.69) is 15.3 Å². The quantitative estimate of drug-likeness (QED) is 0.565.